The first-order chi connectivity index (χ1) is 12.1. The molecular weight excluding hydrogens is 358 g/mol. The summed E-state index contributed by atoms with van der Waals surface area (Å²) in [6, 6.07) is 3.62. The van der Waals surface area contributed by atoms with Crippen LogP contribution in [0.3, 0.4) is 0 Å². The Bertz CT molecular complexity index is 1150. The van der Waals surface area contributed by atoms with Gasteiger partial charge in [0.2, 0.25) is 5.43 Å². The Hall–Kier alpha value is -3.36. The van der Waals surface area contributed by atoms with E-state index in [9.17, 15) is 32.3 Å². The molecule has 0 bridgehead atoms. The van der Waals surface area contributed by atoms with E-state index in [-0.39, 0.29) is 17.0 Å². The molecule has 2 N–H and O–H groups in total. The van der Waals surface area contributed by atoms with E-state index in [1.54, 1.807) is 0 Å². The normalized spacial score (nSPS) is 11.1. The van der Waals surface area contributed by atoms with Crippen molar-refractivity contribution in [3.63, 3.8) is 0 Å². The summed E-state index contributed by atoms with van der Waals surface area (Å²) in [6.45, 7) is 1.45. The molecule has 0 saturated heterocycles. The van der Waals surface area contributed by atoms with Gasteiger partial charge < -0.3 is 14.8 Å². The molecule has 26 heavy (non-hydrogen) atoms. The molecule has 5 nitrogen and oxygen atoms in total. The van der Waals surface area contributed by atoms with Crippen molar-refractivity contribution in [2.75, 3.05) is 0 Å². The molecule has 0 aliphatic rings. The molecule has 9 heteroatoms. The van der Waals surface area contributed by atoms with Gasteiger partial charge in [-0.3, -0.25) is 4.79 Å². The van der Waals surface area contributed by atoms with Gasteiger partial charge in [-0.15, -0.1) is 0 Å². The van der Waals surface area contributed by atoms with Gasteiger partial charge in [-0.1, -0.05) is 0 Å². The molecule has 3 rings (SSSR count). The second-order valence-electron chi connectivity index (χ2n) is 5.50. The predicted octanol–water partition coefficient (Wildman–Crippen LogP) is 3.26. The summed E-state index contributed by atoms with van der Waals surface area (Å²) in [5, 5.41) is 17.4. The maximum Gasteiger partial charge on any atom is 0.341 e. The molecule has 0 atom stereocenters. The summed E-state index contributed by atoms with van der Waals surface area (Å²) in [7, 11) is 0. The fourth-order valence-electron chi connectivity index (χ4n) is 2.69. The van der Waals surface area contributed by atoms with Crippen LogP contribution >= 0.6 is 0 Å². The monoisotopic (exact) mass is 367 g/mol. The Kier molecular flexibility index (Phi) is 3.94. The minimum absolute atomic E-state index is 0.0274. The standard InChI is InChI=1S/C17H9F4NO4/c1-6-4-7(23)2-3-9(6)22-5-8(17(25)26)16(24)10-11(18)12(19)13(20)14(21)15(10)22/h2-5,23H,1H3,(H,25,26). The van der Waals surface area contributed by atoms with Crippen molar-refractivity contribution in [1.82, 2.24) is 4.57 Å². The SMILES string of the molecule is Cc1cc(O)ccc1-n1cc(C(=O)O)c(=O)c2c(F)c(F)c(F)c(F)c21. The van der Waals surface area contributed by atoms with Crippen LogP contribution in [0.25, 0.3) is 16.6 Å². The number of halogens is 4. The van der Waals surface area contributed by atoms with E-state index in [0.29, 0.717) is 6.20 Å². The Morgan fingerprint density at radius 1 is 1.04 bits per heavy atom. The highest BCUT2D eigenvalue weighted by Gasteiger charge is 2.27. The number of rotatable bonds is 2. The molecule has 0 fully saturated rings. The van der Waals surface area contributed by atoms with Crippen LogP contribution in [0.2, 0.25) is 0 Å². The van der Waals surface area contributed by atoms with Crippen molar-refractivity contribution in [1.29, 1.82) is 0 Å². The number of carbonyl (C=O) groups is 1. The average molecular weight is 367 g/mol. The highest BCUT2D eigenvalue weighted by atomic mass is 19.2. The summed E-state index contributed by atoms with van der Waals surface area (Å²) in [5.41, 5.74) is -3.11. The quantitative estimate of drug-likeness (QED) is 0.414. The van der Waals surface area contributed by atoms with Crippen LogP contribution in [0.15, 0.2) is 29.2 Å². The van der Waals surface area contributed by atoms with Gasteiger partial charge in [0, 0.05) is 11.9 Å². The molecule has 0 saturated carbocycles. The van der Waals surface area contributed by atoms with Gasteiger partial charge in [-0.25, -0.2) is 22.4 Å². The summed E-state index contributed by atoms with van der Waals surface area (Å²) < 4.78 is 56.6. The number of hydrogen-bond acceptors (Lipinski definition) is 3. The third kappa shape index (κ3) is 2.40. The molecule has 0 spiro atoms. The zero-order chi connectivity index (χ0) is 19.3. The van der Waals surface area contributed by atoms with Gasteiger partial charge in [0.05, 0.1) is 10.9 Å². The number of nitrogens with zero attached hydrogens (tertiary/aromatic N) is 1. The maximum atomic E-state index is 14.4. The molecule has 0 amide bonds. The number of phenols is 1. The number of fused-ring (bicyclic) bond motifs is 1. The van der Waals surface area contributed by atoms with E-state index < -0.39 is 51.1 Å². The van der Waals surface area contributed by atoms with E-state index in [2.05, 4.69) is 0 Å². The number of aromatic hydroxyl groups is 1. The first-order valence-corrected chi connectivity index (χ1v) is 7.09. The lowest BCUT2D eigenvalue weighted by Gasteiger charge is -2.16. The number of carboxylic acids is 1. The molecule has 2 aromatic carbocycles. The summed E-state index contributed by atoms with van der Waals surface area (Å²) in [6.07, 6.45) is 0.687. The van der Waals surface area contributed by atoms with Crippen LogP contribution < -0.4 is 5.43 Å². The predicted molar refractivity (Wildman–Crippen MR) is 82.7 cm³/mol. The minimum Gasteiger partial charge on any atom is -0.508 e. The lowest BCUT2D eigenvalue weighted by molar-refractivity contribution is 0.0695. The Morgan fingerprint density at radius 2 is 1.65 bits per heavy atom. The third-order valence-corrected chi connectivity index (χ3v) is 3.88. The van der Waals surface area contributed by atoms with Crippen LogP contribution in [0, 0.1) is 30.2 Å². The second-order valence-corrected chi connectivity index (χ2v) is 5.50. The van der Waals surface area contributed by atoms with Crippen molar-refractivity contribution in [2.24, 2.45) is 0 Å². The van der Waals surface area contributed by atoms with Crippen LogP contribution in [0.1, 0.15) is 15.9 Å². The Morgan fingerprint density at radius 3 is 2.23 bits per heavy atom. The molecular formula is C17H9F4NO4. The van der Waals surface area contributed by atoms with E-state index >= 15 is 0 Å². The lowest BCUT2D eigenvalue weighted by atomic mass is 10.1. The Labute approximate surface area is 142 Å². The smallest absolute Gasteiger partial charge is 0.341 e. The van der Waals surface area contributed by atoms with Gasteiger partial charge in [-0.2, -0.15) is 0 Å². The molecule has 3 aromatic rings. The third-order valence-electron chi connectivity index (χ3n) is 3.88. The second kappa shape index (κ2) is 5.87. The number of phenolic OH excluding ortho intramolecular Hbond substituents is 1. The molecule has 1 heterocycles. The molecule has 0 radical (unpaired) electrons. The molecule has 0 aliphatic heterocycles. The first kappa shape index (κ1) is 17.5. The van der Waals surface area contributed by atoms with Gasteiger partial charge >= 0.3 is 5.97 Å². The van der Waals surface area contributed by atoms with Crippen molar-refractivity contribution in [3.05, 3.63) is 69.0 Å². The van der Waals surface area contributed by atoms with Crippen molar-refractivity contribution in [3.8, 4) is 11.4 Å². The fourth-order valence-corrected chi connectivity index (χ4v) is 2.69. The molecule has 134 valence electrons. The number of pyridine rings is 1. The highest BCUT2D eigenvalue weighted by Crippen LogP contribution is 2.29. The number of carboxylic acid groups (broad SMARTS) is 1. The van der Waals surface area contributed by atoms with Crippen molar-refractivity contribution < 1.29 is 32.6 Å². The number of aryl methyl sites for hydroxylation is 1. The van der Waals surface area contributed by atoms with Crippen LogP contribution in [0.4, 0.5) is 17.6 Å². The van der Waals surface area contributed by atoms with Crippen LogP contribution in [-0.2, 0) is 0 Å². The highest BCUT2D eigenvalue weighted by molar-refractivity contribution is 5.93. The number of hydrogen-bond donors (Lipinski definition) is 2. The van der Waals surface area contributed by atoms with Gasteiger partial charge in [-0.05, 0) is 30.7 Å². The zero-order valence-electron chi connectivity index (χ0n) is 13.0. The summed E-state index contributed by atoms with van der Waals surface area (Å²) in [4.78, 5) is 23.5. The first-order valence-electron chi connectivity index (χ1n) is 7.09. The van der Waals surface area contributed by atoms with E-state index in [1.807, 2.05) is 0 Å². The molecule has 0 aliphatic carbocycles. The van der Waals surface area contributed by atoms with Crippen molar-refractivity contribution >= 4 is 16.9 Å². The number of aromatic carboxylic acids is 1. The summed E-state index contributed by atoms with van der Waals surface area (Å²) >= 11 is 0. The zero-order valence-corrected chi connectivity index (χ0v) is 13.0. The fraction of sp³-hybridized carbons (Fsp3) is 0.0588. The van der Waals surface area contributed by atoms with Gasteiger partial charge in [0.1, 0.15) is 11.3 Å². The summed E-state index contributed by atoms with van der Waals surface area (Å²) in [5.74, 6) is -10.1. The lowest BCUT2D eigenvalue weighted by Crippen LogP contribution is -2.21. The minimum atomic E-state index is -2.22. The average Bonchev–Trinajstić information content (AvgIpc) is 2.57. The van der Waals surface area contributed by atoms with E-state index in [1.165, 1.54) is 25.1 Å². The Balaban J connectivity index is 2.64. The number of aromatic nitrogens is 1. The van der Waals surface area contributed by atoms with Gasteiger partial charge in [0.25, 0.3) is 0 Å². The topological polar surface area (TPSA) is 79.5 Å². The van der Waals surface area contributed by atoms with Crippen molar-refractivity contribution in [2.45, 2.75) is 6.92 Å². The van der Waals surface area contributed by atoms with E-state index in [0.717, 1.165) is 4.57 Å². The van der Waals surface area contributed by atoms with E-state index in [4.69, 9.17) is 5.11 Å². The van der Waals surface area contributed by atoms with Gasteiger partial charge in [0.15, 0.2) is 23.3 Å². The van der Waals surface area contributed by atoms with Crippen LogP contribution in [0.5, 0.6) is 5.75 Å². The van der Waals surface area contributed by atoms with Crippen LogP contribution in [-0.4, -0.2) is 20.7 Å². The largest absolute Gasteiger partial charge is 0.508 e. The number of benzene rings is 2. The maximum absolute atomic E-state index is 14.4. The molecule has 1 aromatic heterocycles. The molecule has 0 unspecified atom stereocenters.